The van der Waals surface area contributed by atoms with E-state index in [1.165, 1.54) is 12.1 Å². The lowest BCUT2D eigenvalue weighted by atomic mass is 10.1. The van der Waals surface area contributed by atoms with Crippen molar-refractivity contribution in [3.63, 3.8) is 0 Å². The molecule has 1 amide bonds. The van der Waals surface area contributed by atoms with Crippen molar-refractivity contribution in [1.29, 1.82) is 0 Å². The van der Waals surface area contributed by atoms with E-state index in [-0.39, 0.29) is 11.7 Å². The number of nitrogens with one attached hydrogen (secondary N) is 2. The van der Waals surface area contributed by atoms with Crippen molar-refractivity contribution in [2.45, 2.75) is 20.3 Å². The molecule has 0 atom stereocenters. The molecular weight excluding hydrogens is 267 g/mol. The Balaban J connectivity index is 2.11. The van der Waals surface area contributed by atoms with E-state index >= 15 is 0 Å². The molecule has 110 valence electrons. The normalized spacial score (nSPS) is 10.2. The second kappa shape index (κ2) is 6.88. The van der Waals surface area contributed by atoms with Gasteiger partial charge in [-0.05, 0) is 55.3 Å². The molecule has 0 unspecified atom stereocenters. The Bertz CT molecular complexity index is 640. The van der Waals surface area contributed by atoms with Gasteiger partial charge in [-0.2, -0.15) is 0 Å². The lowest BCUT2D eigenvalue weighted by molar-refractivity contribution is 0.102. The molecule has 21 heavy (non-hydrogen) atoms. The van der Waals surface area contributed by atoms with Gasteiger partial charge in [-0.25, -0.2) is 4.39 Å². The highest BCUT2D eigenvalue weighted by Gasteiger charge is 2.08. The second-order valence-corrected chi connectivity index (χ2v) is 4.92. The zero-order valence-corrected chi connectivity index (χ0v) is 12.2. The van der Waals surface area contributed by atoms with Gasteiger partial charge in [0.1, 0.15) is 5.82 Å². The minimum Gasteiger partial charge on any atom is -0.385 e. The van der Waals surface area contributed by atoms with Crippen molar-refractivity contribution in [3.05, 3.63) is 59.4 Å². The second-order valence-electron chi connectivity index (χ2n) is 4.92. The number of hydrogen-bond acceptors (Lipinski definition) is 2. The summed E-state index contributed by atoms with van der Waals surface area (Å²) in [4.78, 5) is 12.1. The molecule has 0 saturated carbocycles. The smallest absolute Gasteiger partial charge is 0.255 e. The molecule has 2 rings (SSSR count). The summed E-state index contributed by atoms with van der Waals surface area (Å²) in [5.74, 6) is -0.617. The summed E-state index contributed by atoms with van der Waals surface area (Å²) in [7, 11) is 0. The monoisotopic (exact) mass is 286 g/mol. The summed E-state index contributed by atoms with van der Waals surface area (Å²) in [6.45, 7) is 4.95. The Morgan fingerprint density at radius 3 is 2.67 bits per heavy atom. The van der Waals surface area contributed by atoms with E-state index in [0.717, 1.165) is 24.2 Å². The molecule has 0 bridgehead atoms. The van der Waals surface area contributed by atoms with Crippen molar-refractivity contribution < 1.29 is 9.18 Å². The van der Waals surface area contributed by atoms with Crippen LogP contribution < -0.4 is 10.6 Å². The van der Waals surface area contributed by atoms with E-state index in [1.807, 2.05) is 19.1 Å². The predicted octanol–water partition coefficient (Wildman–Crippen LogP) is 4.21. The third-order valence-electron chi connectivity index (χ3n) is 3.14. The Morgan fingerprint density at radius 2 is 2.00 bits per heavy atom. The third-order valence-corrected chi connectivity index (χ3v) is 3.14. The minimum atomic E-state index is -0.372. The molecule has 0 spiro atoms. The Hall–Kier alpha value is -2.36. The number of amides is 1. The highest BCUT2D eigenvalue weighted by atomic mass is 19.1. The SMILES string of the molecule is CCCNc1ccc(C(=O)Nc2cccc(F)c2)cc1C. The van der Waals surface area contributed by atoms with Crippen LogP contribution in [-0.4, -0.2) is 12.5 Å². The fourth-order valence-electron chi connectivity index (χ4n) is 2.03. The highest BCUT2D eigenvalue weighted by molar-refractivity contribution is 6.04. The average Bonchev–Trinajstić information content (AvgIpc) is 2.46. The third kappa shape index (κ3) is 4.05. The Kier molecular flexibility index (Phi) is 4.93. The zero-order chi connectivity index (χ0) is 15.2. The van der Waals surface area contributed by atoms with Gasteiger partial charge in [0.2, 0.25) is 0 Å². The predicted molar refractivity (Wildman–Crippen MR) is 84.3 cm³/mol. The number of carbonyl (C=O) groups excluding carboxylic acids is 1. The first-order valence-corrected chi connectivity index (χ1v) is 7.01. The van der Waals surface area contributed by atoms with Crippen molar-refractivity contribution >= 4 is 17.3 Å². The van der Waals surface area contributed by atoms with E-state index in [2.05, 4.69) is 17.6 Å². The molecule has 0 aliphatic heterocycles. The van der Waals surface area contributed by atoms with Gasteiger partial charge in [0.25, 0.3) is 5.91 Å². The molecule has 0 radical (unpaired) electrons. The van der Waals surface area contributed by atoms with E-state index in [1.54, 1.807) is 18.2 Å². The zero-order valence-electron chi connectivity index (χ0n) is 12.2. The number of hydrogen-bond donors (Lipinski definition) is 2. The number of anilines is 2. The van der Waals surface area contributed by atoms with Gasteiger partial charge < -0.3 is 10.6 Å². The van der Waals surface area contributed by atoms with Crippen LogP contribution in [0.1, 0.15) is 29.3 Å². The van der Waals surface area contributed by atoms with E-state index in [4.69, 9.17) is 0 Å². The number of halogens is 1. The van der Waals surface area contributed by atoms with Crippen molar-refractivity contribution in [1.82, 2.24) is 0 Å². The van der Waals surface area contributed by atoms with Gasteiger partial charge in [0.15, 0.2) is 0 Å². The molecule has 2 aromatic carbocycles. The number of rotatable bonds is 5. The maximum atomic E-state index is 13.1. The van der Waals surface area contributed by atoms with Crippen molar-refractivity contribution in [2.24, 2.45) is 0 Å². The fourth-order valence-corrected chi connectivity index (χ4v) is 2.03. The molecule has 4 heteroatoms. The van der Waals surface area contributed by atoms with E-state index in [9.17, 15) is 9.18 Å². The first-order valence-electron chi connectivity index (χ1n) is 7.01. The fraction of sp³-hybridized carbons (Fsp3) is 0.235. The van der Waals surface area contributed by atoms with Gasteiger partial charge in [-0.3, -0.25) is 4.79 Å². The largest absolute Gasteiger partial charge is 0.385 e. The van der Waals surface area contributed by atoms with Gasteiger partial charge in [0, 0.05) is 23.5 Å². The van der Waals surface area contributed by atoms with E-state index < -0.39 is 0 Å². The van der Waals surface area contributed by atoms with Crippen LogP contribution in [0.25, 0.3) is 0 Å². The van der Waals surface area contributed by atoms with Crippen molar-refractivity contribution in [2.75, 3.05) is 17.2 Å². The van der Waals surface area contributed by atoms with Gasteiger partial charge >= 0.3 is 0 Å². The number of benzene rings is 2. The van der Waals surface area contributed by atoms with Crippen molar-refractivity contribution in [3.8, 4) is 0 Å². The lowest BCUT2D eigenvalue weighted by Gasteiger charge is -2.11. The standard InChI is InChI=1S/C17H19FN2O/c1-3-9-19-16-8-7-13(10-12(16)2)17(21)20-15-6-4-5-14(18)11-15/h4-8,10-11,19H,3,9H2,1-2H3,(H,20,21). The summed E-state index contributed by atoms with van der Waals surface area (Å²) in [6, 6.07) is 11.3. The summed E-state index contributed by atoms with van der Waals surface area (Å²) >= 11 is 0. The van der Waals surface area contributed by atoms with Gasteiger partial charge in [-0.15, -0.1) is 0 Å². The summed E-state index contributed by atoms with van der Waals surface area (Å²) in [5, 5.41) is 5.99. The molecule has 0 saturated heterocycles. The first kappa shape index (κ1) is 15.0. The lowest BCUT2D eigenvalue weighted by Crippen LogP contribution is -2.12. The first-order chi connectivity index (χ1) is 10.1. The molecule has 2 aromatic rings. The van der Waals surface area contributed by atoms with Gasteiger partial charge in [0.05, 0.1) is 0 Å². The molecule has 0 fully saturated rings. The highest BCUT2D eigenvalue weighted by Crippen LogP contribution is 2.18. The molecule has 0 aromatic heterocycles. The summed E-state index contributed by atoms with van der Waals surface area (Å²) < 4.78 is 13.1. The van der Waals surface area contributed by atoms with Crippen LogP contribution in [0, 0.1) is 12.7 Å². The van der Waals surface area contributed by atoms with Crippen LogP contribution >= 0.6 is 0 Å². The maximum Gasteiger partial charge on any atom is 0.255 e. The van der Waals surface area contributed by atoms with Crippen LogP contribution in [0.4, 0.5) is 15.8 Å². The Labute approximate surface area is 124 Å². The molecule has 0 aliphatic carbocycles. The van der Waals surface area contributed by atoms with Crippen LogP contribution in [-0.2, 0) is 0 Å². The van der Waals surface area contributed by atoms with Crippen LogP contribution in [0.15, 0.2) is 42.5 Å². The van der Waals surface area contributed by atoms with E-state index in [0.29, 0.717) is 11.3 Å². The molecule has 2 N–H and O–H groups in total. The molecular formula is C17H19FN2O. The Morgan fingerprint density at radius 1 is 1.19 bits per heavy atom. The van der Waals surface area contributed by atoms with Crippen LogP contribution in [0.2, 0.25) is 0 Å². The topological polar surface area (TPSA) is 41.1 Å². The molecule has 0 aliphatic rings. The quantitative estimate of drug-likeness (QED) is 0.864. The number of carbonyl (C=O) groups is 1. The maximum absolute atomic E-state index is 13.1. The molecule has 0 heterocycles. The van der Waals surface area contributed by atoms with Crippen LogP contribution in [0.5, 0.6) is 0 Å². The van der Waals surface area contributed by atoms with Crippen LogP contribution in [0.3, 0.4) is 0 Å². The van der Waals surface area contributed by atoms with Gasteiger partial charge in [-0.1, -0.05) is 13.0 Å². The molecule has 3 nitrogen and oxygen atoms in total. The summed E-state index contributed by atoms with van der Waals surface area (Å²) in [6.07, 6.45) is 1.04. The minimum absolute atomic E-state index is 0.245. The average molecular weight is 286 g/mol. The number of aryl methyl sites for hydroxylation is 1. The summed E-state index contributed by atoms with van der Waals surface area (Å²) in [5.41, 5.74) is 3.04.